The number of hydrogen-bond acceptors (Lipinski definition) is 2. The number of imidazole rings is 1. The SMILES string of the molecule is CCn1ccnc1COc1ccc(C)cc1. The van der Waals surface area contributed by atoms with Gasteiger partial charge in [0.15, 0.2) is 0 Å². The first-order valence-corrected chi connectivity index (χ1v) is 5.49. The minimum atomic E-state index is 0.518. The molecule has 0 amide bonds. The van der Waals surface area contributed by atoms with Crippen LogP contribution in [0.4, 0.5) is 0 Å². The Hall–Kier alpha value is -1.77. The van der Waals surface area contributed by atoms with E-state index in [1.54, 1.807) is 6.20 Å². The third-order valence-electron chi connectivity index (χ3n) is 2.53. The van der Waals surface area contributed by atoms with Crippen LogP contribution >= 0.6 is 0 Å². The average molecular weight is 216 g/mol. The zero-order chi connectivity index (χ0) is 11.4. The van der Waals surface area contributed by atoms with Crippen molar-refractivity contribution in [1.29, 1.82) is 0 Å². The van der Waals surface area contributed by atoms with Crippen LogP contribution in [0.3, 0.4) is 0 Å². The molecule has 84 valence electrons. The second-order valence-electron chi connectivity index (χ2n) is 3.73. The predicted octanol–water partition coefficient (Wildman–Crippen LogP) is 2.79. The van der Waals surface area contributed by atoms with Crippen LogP contribution in [0.15, 0.2) is 36.7 Å². The number of ether oxygens (including phenoxy) is 1. The second kappa shape index (κ2) is 4.84. The van der Waals surface area contributed by atoms with Gasteiger partial charge < -0.3 is 9.30 Å². The quantitative estimate of drug-likeness (QED) is 0.785. The fourth-order valence-electron chi connectivity index (χ4n) is 1.55. The molecule has 16 heavy (non-hydrogen) atoms. The minimum absolute atomic E-state index is 0.518. The lowest BCUT2D eigenvalue weighted by Gasteiger charge is -2.07. The normalized spacial score (nSPS) is 10.4. The summed E-state index contributed by atoms with van der Waals surface area (Å²) in [5, 5.41) is 0. The average Bonchev–Trinajstić information content (AvgIpc) is 2.76. The molecule has 2 aromatic rings. The highest BCUT2D eigenvalue weighted by molar-refractivity contribution is 5.26. The molecule has 0 N–H and O–H groups in total. The maximum atomic E-state index is 5.66. The standard InChI is InChI=1S/C13H16N2O/c1-3-15-9-8-14-13(15)10-16-12-6-4-11(2)5-7-12/h4-9H,3,10H2,1-2H3. The van der Waals surface area contributed by atoms with Gasteiger partial charge in [-0.1, -0.05) is 17.7 Å². The van der Waals surface area contributed by atoms with E-state index in [0.717, 1.165) is 18.1 Å². The van der Waals surface area contributed by atoms with Crippen LogP contribution in [-0.2, 0) is 13.2 Å². The van der Waals surface area contributed by atoms with Gasteiger partial charge in [-0.05, 0) is 26.0 Å². The van der Waals surface area contributed by atoms with Crippen molar-refractivity contribution in [3.05, 3.63) is 48.0 Å². The van der Waals surface area contributed by atoms with Gasteiger partial charge in [0.05, 0.1) is 0 Å². The number of aryl methyl sites for hydroxylation is 2. The molecule has 0 atom stereocenters. The van der Waals surface area contributed by atoms with E-state index in [2.05, 4.69) is 23.4 Å². The number of benzene rings is 1. The molecule has 0 aliphatic carbocycles. The van der Waals surface area contributed by atoms with Gasteiger partial charge in [-0.25, -0.2) is 4.98 Å². The van der Waals surface area contributed by atoms with E-state index in [9.17, 15) is 0 Å². The van der Waals surface area contributed by atoms with E-state index < -0.39 is 0 Å². The van der Waals surface area contributed by atoms with Crippen molar-refractivity contribution < 1.29 is 4.74 Å². The summed E-state index contributed by atoms with van der Waals surface area (Å²) in [4.78, 5) is 4.26. The van der Waals surface area contributed by atoms with Crippen LogP contribution in [0.25, 0.3) is 0 Å². The van der Waals surface area contributed by atoms with Crippen LogP contribution in [-0.4, -0.2) is 9.55 Å². The van der Waals surface area contributed by atoms with Crippen molar-refractivity contribution in [3.8, 4) is 5.75 Å². The molecule has 0 unspecified atom stereocenters. The lowest BCUT2D eigenvalue weighted by molar-refractivity contribution is 0.290. The fraction of sp³-hybridized carbons (Fsp3) is 0.308. The lowest BCUT2D eigenvalue weighted by Crippen LogP contribution is -2.05. The lowest BCUT2D eigenvalue weighted by atomic mass is 10.2. The van der Waals surface area contributed by atoms with Crippen molar-refractivity contribution in [1.82, 2.24) is 9.55 Å². The summed E-state index contributed by atoms with van der Waals surface area (Å²) in [5.41, 5.74) is 1.24. The monoisotopic (exact) mass is 216 g/mol. The zero-order valence-electron chi connectivity index (χ0n) is 9.68. The molecule has 0 bridgehead atoms. The summed E-state index contributed by atoms with van der Waals surface area (Å²) < 4.78 is 7.74. The number of hydrogen-bond donors (Lipinski definition) is 0. The molecule has 0 radical (unpaired) electrons. The van der Waals surface area contributed by atoms with Crippen molar-refractivity contribution in [2.45, 2.75) is 27.0 Å². The topological polar surface area (TPSA) is 27.1 Å². The first-order chi connectivity index (χ1) is 7.79. The summed E-state index contributed by atoms with van der Waals surface area (Å²) in [6.45, 7) is 5.60. The van der Waals surface area contributed by atoms with E-state index in [0.29, 0.717) is 6.61 Å². The number of rotatable bonds is 4. The number of nitrogens with zero attached hydrogens (tertiary/aromatic N) is 2. The predicted molar refractivity (Wildman–Crippen MR) is 63.4 cm³/mol. The smallest absolute Gasteiger partial charge is 0.146 e. The summed E-state index contributed by atoms with van der Waals surface area (Å²) in [5.74, 6) is 1.85. The summed E-state index contributed by atoms with van der Waals surface area (Å²) >= 11 is 0. The van der Waals surface area contributed by atoms with Gasteiger partial charge in [-0.15, -0.1) is 0 Å². The maximum Gasteiger partial charge on any atom is 0.146 e. The first-order valence-electron chi connectivity index (χ1n) is 5.49. The maximum absolute atomic E-state index is 5.66. The Kier molecular flexibility index (Phi) is 3.25. The van der Waals surface area contributed by atoms with Gasteiger partial charge in [0.25, 0.3) is 0 Å². The fourth-order valence-corrected chi connectivity index (χ4v) is 1.55. The molecule has 0 saturated carbocycles. The van der Waals surface area contributed by atoms with Crippen molar-refractivity contribution in [3.63, 3.8) is 0 Å². The highest BCUT2D eigenvalue weighted by Crippen LogP contribution is 2.13. The molecular weight excluding hydrogens is 200 g/mol. The van der Waals surface area contributed by atoms with Gasteiger partial charge in [0, 0.05) is 18.9 Å². The second-order valence-corrected chi connectivity index (χ2v) is 3.73. The molecule has 0 spiro atoms. The Bertz CT molecular complexity index is 445. The molecule has 0 aliphatic heterocycles. The third-order valence-corrected chi connectivity index (χ3v) is 2.53. The van der Waals surface area contributed by atoms with Gasteiger partial charge in [0.2, 0.25) is 0 Å². The van der Waals surface area contributed by atoms with Crippen LogP contribution in [0.5, 0.6) is 5.75 Å². The Morgan fingerprint density at radius 3 is 2.69 bits per heavy atom. The molecule has 3 heteroatoms. The molecule has 0 fully saturated rings. The summed E-state index contributed by atoms with van der Waals surface area (Å²) in [6.07, 6.45) is 3.77. The van der Waals surface area contributed by atoms with Crippen LogP contribution in [0.1, 0.15) is 18.3 Å². The molecular formula is C13H16N2O. The highest BCUT2D eigenvalue weighted by atomic mass is 16.5. The van der Waals surface area contributed by atoms with Gasteiger partial charge in [-0.2, -0.15) is 0 Å². The Morgan fingerprint density at radius 2 is 2.00 bits per heavy atom. The van der Waals surface area contributed by atoms with Crippen molar-refractivity contribution in [2.24, 2.45) is 0 Å². The van der Waals surface area contributed by atoms with Gasteiger partial charge >= 0.3 is 0 Å². The molecule has 0 saturated heterocycles. The molecule has 2 rings (SSSR count). The Labute approximate surface area is 95.7 Å². The van der Waals surface area contributed by atoms with Crippen LogP contribution < -0.4 is 4.74 Å². The van der Waals surface area contributed by atoms with Gasteiger partial charge in [-0.3, -0.25) is 0 Å². The third kappa shape index (κ3) is 2.42. The molecule has 1 aromatic carbocycles. The van der Waals surface area contributed by atoms with Crippen molar-refractivity contribution >= 4 is 0 Å². The van der Waals surface area contributed by atoms with Crippen molar-refractivity contribution in [2.75, 3.05) is 0 Å². The highest BCUT2D eigenvalue weighted by Gasteiger charge is 2.01. The number of aromatic nitrogens is 2. The summed E-state index contributed by atoms with van der Waals surface area (Å²) in [6, 6.07) is 8.05. The largest absolute Gasteiger partial charge is 0.486 e. The minimum Gasteiger partial charge on any atom is -0.486 e. The van der Waals surface area contributed by atoms with E-state index in [4.69, 9.17) is 4.74 Å². The summed E-state index contributed by atoms with van der Waals surface area (Å²) in [7, 11) is 0. The zero-order valence-corrected chi connectivity index (χ0v) is 9.68. The van der Waals surface area contributed by atoms with Crippen LogP contribution in [0.2, 0.25) is 0 Å². The first kappa shape index (κ1) is 10.7. The van der Waals surface area contributed by atoms with E-state index in [1.807, 2.05) is 30.5 Å². The Balaban J connectivity index is 1.99. The van der Waals surface area contributed by atoms with Crippen LogP contribution in [0, 0.1) is 6.92 Å². The Morgan fingerprint density at radius 1 is 1.25 bits per heavy atom. The molecule has 1 aromatic heterocycles. The molecule has 3 nitrogen and oxygen atoms in total. The van der Waals surface area contributed by atoms with E-state index in [1.165, 1.54) is 5.56 Å². The molecule has 0 aliphatic rings. The molecule has 1 heterocycles. The van der Waals surface area contributed by atoms with Gasteiger partial charge in [0.1, 0.15) is 18.2 Å². The van der Waals surface area contributed by atoms with E-state index >= 15 is 0 Å². The van der Waals surface area contributed by atoms with E-state index in [-0.39, 0.29) is 0 Å².